The van der Waals surface area contributed by atoms with Crippen LogP contribution in [0.4, 0.5) is 14.9 Å². The first-order chi connectivity index (χ1) is 17.9. The van der Waals surface area contributed by atoms with Gasteiger partial charge in [-0.1, -0.05) is 48.0 Å². The van der Waals surface area contributed by atoms with Gasteiger partial charge in [-0.2, -0.15) is 0 Å². The second kappa shape index (κ2) is 10.6. The molecule has 0 aliphatic carbocycles. The average Bonchev–Trinajstić information content (AvgIpc) is 3.53. The lowest BCUT2D eigenvalue weighted by Gasteiger charge is -2.28. The molecular formula is C28H25ClFN3O4. The lowest BCUT2D eigenvalue weighted by atomic mass is 9.99. The van der Waals surface area contributed by atoms with Gasteiger partial charge in [0.1, 0.15) is 5.82 Å². The van der Waals surface area contributed by atoms with E-state index in [9.17, 15) is 18.8 Å². The van der Waals surface area contributed by atoms with E-state index in [0.717, 1.165) is 18.4 Å². The minimum absolute atomic E-state index is 0.0880. The van der Waals surface area contributed by atoms with Crippen molar-refractivity contribution in [3.63, 3.8) is 0 Å². The molecule has 2 heterocycles. The van der Waals surface area contributed by atoms with Gasteiger partial charge in [-0.05, 0) is 60.4 Å². The summed E-state index contributed by atoms with van der Waals surface area (Å²) in [5.74, 6) is -1.42. The van der Waals surface area contributed by atoms with E-state index in [0.29, 0.717) is 29.4 Å². The third-order valence-corrected chi connectivity index (χ3v) is 6.82. The molecular weight excluding hydrogens is 497 g/mol. The average molecular weight is 522 g/mol. The monoisotopic (exact) mass is 521 g/mol. The fourth-order valence-electron chi connectivity index (χ4n) is 4.79. The van der Waals surface area contributed by atoms with Gasteiger partial charge < -0.3 is 15.0 Å². The maximum absolute atomic E-state index is 14.1. The largest absolute Gasteiger partial charge is 0.438 e. The molecule has 3 amide bonds. The number of carbonyl (C=O) groups excluding carboxylic acids is 3. The van der Waals surface area contributed by atoms with Crippen LogP contribution in [0.1, 0.15) is 40.4 Å². The topological polar surface area (TPSA) is 79.0 Å². The van der Waals surface area contributed by atoms with E-state index in [4.69, 9.17) is 16.3 Å². The molecule has 2 aliphatic heterocycles. The summed E-state index contributed by atoms with van der Waals surface area (Å²) in [6, 6.07) is 18.6. The Labute approximate surface area is 218 Å². The van der Waals surface area contributed by atoms with Crippen LogP contribution >= 0.6 is 11.6 Å². The summed E-state index contributed by atoms with van der Waals surface area (Å²) >= 11 is 6.14. The molecule has 2 saturated heterocycles. The SMILES string of the molecule is O=C(Nc1cccc(C2OC(=O)N(Cc3cccc(Cl)c3)C2C(=O)N2CCCC2)c1)c1ccccc1F. The van der Waals surface area contributed by atoms with Crippen LogP contribution in [0.3, 0.4) is 0 Å². The molecule has 2 unspecified atom stereocenters. The van der Waals surface area contributed by atoms with Crippen LogP contribution in [-0.2, 0) is 16.1 Å². The van der Waals surface area contributed by atoms with E-state index in [-0.39, 0.29) is 18.0 Å². The van der Waals surface area contributed by atoms with Crippen molar-refractivity contribution >= 4 is 35.2 Å². The van der Waals surface area contributed by atoms with Crippen LogP contribution in [0.5, 0.6) is 0 Å². The number of anilines is 1. The highest BCUT2D eigenvalue weighted by Crippen LogP contribution is 2.36. The van der Waals surface area contributed by atoms with E-state index in [1.54, 1.807) is 53.4 Å². The maximum atomic E-state index is 14.1. The second-order valence-electron chi connectivity index (χ2n) is 9.10. The number of amides is 3. The van der Waals surface area contributed by atoms with Crippen molar-refractivity contribution in [3.8, 4) is 0 Å². The third kappa shape index (κ3) is 5.29. The van der Waals surface area contributed by atoms with E-state index in [2.05, 4.69) is 5.32 Å². The van der Waals surface area contributed by atoms with Crippen molar-refractivity contribution in [3.05, 3.63) is 100 Å². The number of cyclic esters (lactones) is 1. The predicted octanol–water partition coefficient (Wildman–Crippen LogP) is 5.42. The van der Waals surface area contributed by atoms with Crippen molar-refractivity contribution < 1.29 is 23.5 Å². The summed E-state index contributed by atoms with van der Waals surface area (Å²) in [5, 5.41) is 3.22. The van der Waals surface area contributed by atoms with Gasteiger partial charge in [-0.3, -0.25) is 14.5 Å². The van der Waals surface area contributed by atoms with E-state index in [1.165, 1.54) is 23.1 Å². The number of ether oxygens (including phenoxy) is 1. The zero-order valence-corrected chi connectivity index (χ0v) is 20.7. The van der Waals surface area contributed by atoms with Crippen molar-refractivity contribution in [1.29, 1.82) is 0 Å². The Morgan fingerprint density at radius 2 is 1.76 bits per heavy atom. The molecule has 37 heavy (non-hydrogen) atoms. The molecule has 190 valence electrons. The van der Waals surface area contributed by atoms with Gasteiger partial charge in [0.2, 0.25) is 5.91 Å². The number of hydrogen-bond acceptors (Lipinski definition) is 4. The normalized spacial score (nSPS) is 19.1. The number of halogens is 2. The van der Waals surface area contributed by atoms with Gasteiger partial charge in [0.15, 0.2) is 12.1 Å². The Hall–Kier alpha value is -3.91. The predicted molar refractivity (Wildman–Crippen MR) is 137 cm³/mol. The van der Waals surface area contributed by atoms with E-state index < -0.39 is 30.0 Å². The number of rotatable bonds is 6. The molecule has 0 aromatic heterocycles. The number of nitrogens with zero attached hydrogens (tertiary/aromatic N) is 2. The van der Waals surface area contributed by atoms with Crippen molar-refractivity contribution in [2.75, 3.05) is 18.4 Å². The van der Waals surface area contributed by atoms with Crippen LogP contribution < -0.4 is 5.32 Å². The highest BCUT2D eigenvalue weighted by atomic mass is 35.5. The Balaban J connectivity index is 1.44. The summed E-state index contributed by atoms with van der Waals surface area (Å²) in [7, 11) is 0. The number of hydrogen-bond donors (Lipinski definition) is 1. The van der Waals surface area contributed by atoms with Crippen LogP contribution in [0.15, 0.2) is 72.8 Å². The standard InChI is InChI=1S/C28H25ClFN3O4/c29-20-9-5-7-18(15-20)17-33-24(27(35)32-13-3-4-14-32)25(37-28(33)36)19-8-6-10-21(16-19)31-26(34)22-11-1-2-12-23(22)30/h1-2,5-12,15-16,24-25H,3-4,13-14,17H2,(H,31,34). The van der Waals surface area contributed by atoms with Crippen LogP contribution in [-0.4, -0.2) is 46.8 Å². The Morgan fingerprint density at radius 3 is 2.51 bits per heavy atom. The minimum atomic E-state index is -0.887. The smallest absolute Gasteiger partial charge is 0.411 e. The number of carbonyl (C=O) groups is 3. The molecule has 2 atom stereocenters. The van der Waals surface area contributed by atoms with Crippen LogP contribution in [0.2, 0.25) is 5.02 Å². The highest BCUT2D eigenvalue weighted by Gasteiger charge is 2.48. The molecule has 0 spiro atoms. The lowest BCUT2D eigenvalue weighted by Crippen LogP contribution is -2.47. The number of nitrogens with one attached hydrogen (secondary N) is 1. The van der Waals surface area contributed by atoms with Crippen LogP contribution in [0.25, 0.3) is 0 Å². The molecule has 2 aliphatic rings. The van der Waals surface area contributed by atoms with Gasteiger partial charge >= 0.3 is 6.09 Å². The Morgan fingerprint density at radius 1 is 1.00 bits per heavy atom. The van der Waals surface area contributed by atoms with Gasteiger partial charge in [-0.15, -0.1) is 0 Å². The van der Waals surface area contributed by atoms with Gasteiger partial charge in [0, 0.05) is 23.8 Å². The molecule has 3 aromatic carbocycles. The molecule has 7 nitrogen and oxygen atoms in total. The van der Waals surface area contributed by atoms with Crippen molar-refractivity contribution in [1.82, 2.24) is 9.80 Å². The van der Waals surface area contributed by atoms with Crippen molar-refractivity contribution in [2.24, 2.45) is 0 Å². The molecule has 0 radical (unpaired) electrons. The zero-order chi connectivity index (χ0) is 25.9. The molecule has 1 N–H and O–H groups in total. The summed E-state index contributed by atoms with van der Waals surface area (Å²) < 4.78 is 19.8. The maximum Gasteiger partial charge on any atom is 0.411 e. The summed E-state index contributed by atoms with van der Waals surface area (Å²) in [6.07, 6.45) is 0.321. The second-order valence-corrected chi connectivity index (χ2v) is 9.54. The quantitative estimate of drug-likeness (QED) is 0.470. The highest BCUT2D eigenvalue weighted by molar-refractivity contribution is 6.30. The Bertz CT molecular complexity index is 1340. The minimum Gasteiger partial charge on any atom is -0.438 e. The summed E-state index contributed by atoms with van der Waals surface area (Å²) in [6.45, 7) is 1.41. The first-order valence-electron chi connectivity index (χ1n) is 12.1. The zero-order valence-electron chi connectivity index (χ0n) is 19.9. The fourth-order valence-corrected chi connectivity index (χ4v) is 5.00. The summed E-state index contributed by atoms with van der Waals surface area (Å²) in [4.78, 5) is 42.5. The summed E-state index contributed by atoms with van der Waals surface area (Å²) in [5.41, 5.74) is 1.62. The number of benzene rings is 3. The molecule has 0 bridgehead atoms. The molecule has 9 heteroatoms. The number of likely N-dealkylation sites (tertiary alicyclic amines) is 1. The fraction of sp³-hybridized carbons (Fsp3) is 0.250. The first kappa shape index (κ1) is 24.8. The third-order valence-electron chi connectivity index (χ3n) is 6.59. The van der Waals surface area contributed by atoms with E-state index in [1.807, 2.05) is 6.07 Å². The van der Waals surface area contributed by atoms with Gasteiger partial charge in [-0.25, -0.2) is 9.18 Å². The van der Waals surface area contributed by atoms with Crippen LogP contribution in [0, 0.1) is 5.82 Å². The molecule has 5 rings (SSSR count). The Kier molecular flexibility index (Phi) is 7.10. The van der Waals surface area contributed by atoms with Gasteiger partial charge in [0.25, 0.3) is 5.91 Å². The van der Waals surface area contributed by atoms with Gasteiger partial charge in [0.05, 0.1) is 12.1 Å². The first-order valence-corrected chi connectivity index (χ1v) is 12.4. The van der Waals surface area contributed by atoms with Crippen molar-refractivity contribution in [2.45, 2.75) is 31.5 Å². The molecule has 0 saturated carbocycles. The lowest BCUT2D eigenvalue weighted by molar-refractivity contribution is -0.135. The molecule has 2 fully saturated rings. The molecule has 3 aromatic rings. The van der Waals surface area contributed by atoms with E-state index >= 15 is 0 Å².